The molecule has 0 fully saturated rings. The van der Waals surface area contributed by atoms with E-state index in [4.69, 9.17) is 4.74 Å². The van der Waals surface area contributed by atoms with Crippen LogP contribution in [0.5, 0.6) is 5.75 Å². The lowest BCUT2D eigenvalue weighted by Crippen LogP contribution is -2.17. The molecule has 16 heavy (non-hydrogen) atoms. The van der Waals surface area contributed by atoms with Crippen molar-refractivity contribution in [3.63, 3.8) is 0 Å². The summed E-state index contributed by atoms with van der Waals surface area (Å²) in [6.45, 7) is 8.12. The van der Waals surface area contributed by atoms with Gasteiger partial charge in [0.2, 0.25) is 0 Å². The second-order valence-electron chi connectivity index (χ2n) is 4.05. The Kier molecular flexibility index (Phi) is 5.16. The monoisotopic (exact) mass is 239 g/mol. The van der Waals surface area contributed by atoms with E-state index in [-0.39, 0.29) is 0 Å². The molecule has 0 heterocycles. The fraction of sp³-hybridized carbons (Fsp3) is 0.538. The molecule has 1 N–H and O–H groups in total. The number of nitrogens with one attached hydrogen (secondary N) is 1. The predicted octanol–water partition coefficient (Wildman–Crippen LogP) is 2.64. The quantitative estimate of drug-likeness (QED) is 0.609. The molecule has 0 atom stereocenters. The summed E-state index contributed by atoms with van der Waals surface area (Å²) in [6.07, 6.45) is 0. The first-order valence-electron chi connectivity index (χ1n) is 5.57. The maximum absolute atomic E-state index is 5.51. The second kappa shape index (κ2) is 6.16. The van der Waals surface area contributed by atoms with Crippen LogP contribution in [0.4, 0.5) is 0 Å². The molecular formula is C13H21NOS. The first-order chi connectivity index (χ1) is 7.61. The molecule has 0 saturated carbocycles. The molecule has 1 aromatic carbocycles. The van der Waals surface area contributed by atoms with Gasteiger partial charge in [0.05, 0.1) is 7.11 Å². The van der Waals surface area contributed by atoms with E-state index in [1.54, 1.807) is 7.11 Å². The van der Waals surface area contributed by atoms with Gasteiger partial charge in [-0.2, -0.15) is 12.6 Å². The maximum atomic E-state index is 5.51. The molecule has 0 amide bonds. The highest BCUT2D eigenvalue weighted by Gasteiger charge is 2.11. The van der Waals surface area contributed by atoms with E-state index in [0.717, 1.165) is 24.6 Å². The minimum absolute atomic E-state index is 0.844. The Morgan fingerprint density at radius 2 is 1.94 bits per heavy atom. The number of ether oxygens (including phenoxy) is 1. The number of benzene rings is 1. The summed E-state index contributed by atoms with van der Waals surface area (Å²) in [5.41, 5.74) is 5.06. The second-order valence-corrected chi connectivity index (χ2v) is 4.49. The largest absolute Gasteiger partial charge is 0.496 e. The molecule has 0 bridgehead atoms. The van der Waals surface area contributed by atoms with Gasteiger partial charge in [0.25, 0.3) is 0 Å². The van der Waals surface area contributed by atoms with Crippen molar-refractivity contribution in [1.82, 2.24) is 5.32 Å². The number of hydrogen-bond donors (Lipinski definition) is 2. The molecule has 3 heteroatoms. The number of methoxy groups -OCH3 is 1. The van der Waals surface area contributed by atoms with Crippen molar-refractivity contribution >= 4 is 12.6 Å². The molecule has 0 radical (unpaired) electrons. The Balaban J connectivity index is 3.01. The molecule has 90 valence electrons. The predicted molar refractivity (Wildman–Crippen MR) is 72.8 cm³/mol. The third-order valence-electron chi connectivity index (χ3n) is 2.91. The van der Waals surface area contributed by atoms with Gasteiger partial charge < -0.3 is 10.1 Å². The van der Waals surface area contributed by atoms with Crippen LogP contribution in [0, 0.1) is 20.8 Å². The lowest BCUT2D eigenvalue weighted by atomic mass is 9.99. The standard InChI is InChI=1S/C13H21NOS/c1-9-7-10(2)12(8-14-5-6-16)13(15-4)11(9)3/h7,14,16H,5-6,8H2,1-4H3. The lowest BCUT2D eigenvalue weighted by molar-refractivity contribution is 0.404. The van der Waals surface area contributed by atoms with Gasteiger partial charge in [0.15, 0.2) is 0 Å². The van der Waals surface area contributed by atoms with E-state index in [1.807, 2.05) is 0 Å². The van der Waals surface area contributed by atoms with Crippen LogP contribution in [0.2, 0.25) is 0 Å². The van der Waals surface area contributed by atoms with Crippen molar-refractivity contribution in [2.45, 2.75) is 27.3 Å². The molecule has 0 aliphatic heterocycles. The fourth-order valence-electron chi connectivity index (χ4n) is 1.89. The molecule has 0 aliphatic rings. The zero-order chi connectivity index (χ0) is 12.1. The Labute approximate surface area is 104 Å². The van der Waals surface area contributed by atoms with Crippen LogP contribution in [0.1, 0.15) is 22.3 Å². The van der Waals surface area contributed by atoms with E-state index < -0.39 is 0 Å². The SMILES string of the molecule is COc1c(C)c(C)cc(C)c1CNCCS. The highest BCUT2D eigenvalue weighted by atomic mass is 32.1. The van der Waals surface area contributed by atoms with Crippen LogP contribution < -0.4 is 10.1 Å². The van der Waals surface area contributed by atoms with Crippen LogP contribution in [-0.2, 0) is 6.54 Å². The molecule has 2 nitrogen and oxygen atoms in total. The molecule has 0 spiro atoms. The average Bonchev–Trinajstić information content (AvgIpc) is 2.26. The molecule has 1 rings (SSSR count). The van der Waals surface area contributed by atoms with Gasteiger partial charge in [-0.05, 0) is 37.5 Å². The highest BCUT2D eigenvalue weighted by Crippen LogP contribution is 2.29. The molecule has 1 aromatic rings. The Morgan fingerprint density at radius 3 is 2.50 bits per heavy atom. The molecule has 0 unspecified atom stereocenters. The summed E-state index contributed by atoms with van der Waals surface area (Å²) in [5, 5.41) is 3.36. The van der Waals surface area contributed by atoms with Gasteiger partial charge in [-0.3, -0.25) is 0 Å². The van der Waals surface area contributed by atoms with Crippen molar-refractivity contribution < 1.29 is 4.74 Å². The maximum Gasteiger partial charge on any atom is 0.126 e. The van der Waals surface area contributed by atoms with Crippen LogP contribution in [0.3, 0.4) is 0 Å². The fourth-order valence-corrected chi connectivity index (χ4v) is 2.05. The zero-order valence-electron chi connectivity index (χ0n) is 10.6. The van der Waals surface area contributed by atoms with Gasteiger partial charge in [0.1, 0.15) is 5.75 Å². The molecule has 0 aliphatic carbocycles. The first-order valence-corrected chi connectivity index (χ1v) is 6.20. The van der Waals surface area contributed by atoms with Gasteiger partial charge >= 0.3 is 0 Å². The lowest BCUT2D eigenvalue weighted by Gasteiger charge is -2.16. The minimum atomic E-state index is 0.844. The summed E-state index contributed by atoms with van der Waals surface area (Å²) in [6, 6.07) is 2.22. The van der Waals surface area contributed by atoms with Crippen molar-refractivity contribution in [3.8, 4) is 5.75 Å². The number of thiol groups is 1. The average molecular weight is 239 g/mol. The summed E-state index contributed by atoms with van der Waals surface area (Å²) in [4.78, 5) is 0. The van der Waals surface area contributed by atoms with Gasteiger partial charge in [-0.1, -0.05) is 6.07 Å². The van der Waals surface area contributed by atoms with Crippen molar-refractivity contribution in [2.24, 2.45) is 0 Å². The highest BCUT2D eigenvalue weighted by molar-refractivity contribution is 7.80. The molecule has 0 saturated heterocycles. The minimum Gasteiger partial charge on any atom is -0.496 e. The number of rotatable bonds is 5. The summed E-state index contributed by atoms with van der Waals surface area (Å²) < 4.78 is 5.51. The van der Waals surface area contributed by atoms with E-state index in [9.17, 15) is 0 Å². The Hall–Kier alpha value is -0.670. The van der Waals surface area contributed by atoms with Crippen molar-refractivity contribution in [1.29, 1.82) is 0 Å². The Morgan fingerprint density at radius 1 is 1.25 bits per heavy atom. The zero-order valence-corrected chi connectivity index (χ0v) is 11.4. The summed E-state index contributed by atoms with van der Waals surface area (Å²) in [5.74, 6) is 1.87. The van der Waals surface area contributed by atoms with Crippen LogP contribution in [0.15, 0.2) is 6.07 Å². The number of hydrogen-bond acceptors (Lipinski definition) is 3. The van der Waals surface area contributed by atoms with Crippen LogP contribution in [0.25, 0.3) is 0 Å². The van der Waals surface area contributed by atoms with E-state index >= 15 is 0 Å². The van der Waals surface area contributed by atoms with E-state index in [2.05, 4.69) is 44.8 Å². The van der Waals surface area contributed by atoms with Crippen molar-refractivity contribution in [2.75, 3.05) is 19.4 Å². The third-order valence-corrected chi connectivity index (χ3v) is 3.13. The normalized spacial score (nSPS) is 10.6. The summed E-state index contributed by atoms with van der Waals surface area (Å²) in [7, 11) is 1.74. The van der Waals surface area contributed by atoms with E-state index in [1.165, 1.54) is 22.3 Å². The first kappa shape index (κ1) is 13.4. The van der Waals surface area contributed by atoms with Gasteiger partial charge in [-0.15, -0.1) is 0 Å². The summed E-state index contributed by atoms with van der Waals surface area (Å²) >= 11 is 4.18. The van der Waals surface area contributed by atoms with Gasteiger partial charge in [0, 0.05) is 24.4 Å². The van der Waals surface area contributed by atoms with Gasteiger partial charge in [-0.25, -0.2) is 0 Å². The molecule has 0 aromatic heterocycles. The van der Waals surface area contributed by atoms with E-state index in [0.29, 0.717) is 0 Å². The number of aryl methyl sites for hydroxylation is 2. The smallest absolute Gasteiger partial charge is 0.126 e. The van der Waals surface area contributed by atoms with Crippen molar-refractivity contribution in [3.05, 3.63) is 28.3 Å². The Bertz CT molecular complexity index is 363. The molecular weight excluding hydrogens is 218 g/mol. The topological polar surface area (TPSA) is 21.3 Å². The van der Waals surface area contributed by atoms with Crippen LogP contribution in [-0.4, -0.2) is 19.4 Å². The van der Waals surface area contributed by atoms with Crippen LogP contribution >= 0.6 is 12.6 Å². The third kappa shape index (κ3) is 2.92.